The largest absolute Gasteiger partial charge is 0.368 e. The number of nitrogens with one attached hydrogen (secondary N) is 1. The number of benzene rings is 1. The van der Waals surface area contributed by atoms with Gasteiger partial charge in [-0.2, -0.15) is 0 Å². The summed E-state index contributed by atoms with van der Waals surface area (Å²) in [4.78, 5) is 16.0. The Kier molecular flexibility index (Phi) is 5.06. The number of carbonyl (C=O) groups is 1. The molecule has 1 fully saturated rings. The molecule has 2 rings (SSSR count). The molecule has 22 heavy (non-hydrogen) atoms. The predicted molar refractivity (Wildman–Crippen MR) is 87.3 cm³/mol. The molecule has 0 aromatic heterocycles. The van der Waals surface area contributed by atoms with Gasteiger partial charge in [-0.25, -0.2) is 9.18 Å². The number of piperazine rings is 1. The van der Waals surface area contributed by atoms with E-state index in [0.29, 0.717) is 13.1 Å². The van der Waals surface area contributed by atoms with Gasteiger partial charge in [-0.05, 0) is 29.7 Å². The monoisotopic (exact) mass is 305 g/mol. The fourth-order valence-electron chi connectivity index (χ4n) is 2.27. The maximum atomic E-state index is 12.9. The Balaban J connectivity index is 1.83. The van der Waals surface area contributed by atoms with Crippen molar-refractivity contribution in [2.75, 3.05) is 31.1 Å². The highest BCUT2D eigenvalue weighted by Gasteiger charge is 2.20. The Morgan fingerprint density at radius 2 is 1.73 bits per heavy atom. The van der Waals surface area contributed by atoms with Gasteiger partial charge in [0.2, 0.25) is 0 Å². The number of allylic oxidation sites excluding steroid dienone is 1. The van der Waals surface area contributed by atoms with E-state index in [1.165, 1.54) is 12.1 Å². The first-order valence-electron chi connectivity index (χ1n) is 7.59. The molecule has 1 aromatic rings. The second-order valence-electron chi connectivity index (χ2n) is 6.60. The second-order valence-corrected chi connectivity index (χ2v) is 6.60. The van der Waals surface area contributed by atoms with Crippen molar-refractivity contribution in [3.63, 3.8) is 0 Å². The van der Waals surface area contributed by atoms with Crippen LogP contribution < -0.4 is 10.2 Å². The highest BCUT2D eigenvalue weighted by molar-refractivity contribution is 5.75. The van der Waals surface area contributed by atoms with Crippen LogP contribution in [0.1, 0.15) is 20.8 Å². The van der Waals surface area contributed by atoms with Gasteiger partial charge in [-0.1, -0.05) is 26.8 Å². The lowest BCUT2D eigenvalue weighted by molar-refractivity contribution is 0.198. The van der Waals surface area contributed by atoms with Crippen molar-refractivity contribution in [3.8, 4) is 0 Å². The molecule has 1 saturated heterocycles. The molecule has 2 amide bonds. The van der Waals surface area contributed by atoms with Gasteiger partial charge >= 0.3 is 6.03 Å². The van der Waals surface area contributed by atoms with Crippen LogP contribution in [0.3, 0.4) is 0 Å². The van der Waals surface area contributed by atoms with Crippen LogP contribution in [0.15, 0.2) is 36.5 Å². The van der Waals surface area contributed by atoms with Crippen molar-refractivity contribution >= 4 is 11.7 Å². The van der Waals surface area contributed by atoms with Gasteiger partial charge in [0.1, 0.15) is 5.82 Å². The zero-order valence-electron chi connectivity index (χ0n) is 13.5. The molecule has 5 heteroatoms. The molecule has 1 heterocycles. The van der Waals surface area contributed by atoms with E-state index in [1.54, 1.807) is 23.2 Å². The van der Waals surface area contributed by atoms with E-state index in [2.05, 4.69) is 31.0 Å². The van der Waals surface area contributed by atoms with Crippen molar-refractivity contribution in [1.29, 1.82) is 0 Å². The molecule has 0 bridgehead atoms. The van der Waals surface area contributed by atoms with Gasteiger partial charge in [0.05, 0.1) is 0 Å². The van der Waals surface area contributed by atoms with Crippen LogP contribution in [-0.4, -0.2) is 37.1 Å². The van der Waals surface area contributed by atoms with Crippen LogP contribution in [0.4, 0.5) is 14.9 Å². The molecule has 1 aliphatic heterocycles. The molecule has 1 aliphatic rings. The quantitative estimate of drug-likeness (QED) is 0.910. The molecule has 0 atom stereocenters. The lowest BCUT2D eigenvalue weighted by atomic mass is 9.97. The van der Waals surface area contributed by atoms with Crippen molar-refractivity contribution in [3.05, 3.63) is 42.4 Å². The fraction of sp³-hybridized carbons (Fsp3) is 0.471. The van der Waals surface area contributed by atoms with Crippen LogP contribution in [-0.2, 0) is 0 Å². The number of amides is 2. The van der Waals surface area contributed by atoms with Crippen molar-refractivity contribution in [2.45, 2.75) is 20.8 Å². The summed E-state index contributed by atoms with van der Waals surface area (Å²) in [6.45, 7) is 9.06. The van der Waals surface area contributed by atoms with Gasteiger partial charge in [0.25, 0.3) is 0 Å². The lowest BCUT2D eigenvalue weighted by Gasteiger charge is -2.35. The Labute approximate surface area is 131 Å². The minimum Gasteiger partial charge on any atom is -0.368 e. The maximum absolute atomic E-state index is 12.9. The molecule has 0 unspecified atom stereocenters. The lowest BCUT2D eigenvalue weighted by Crippen LogP contribution is -2.51. The van der Waals surface area contributed by atoms with E-state index in [0.717, 1.165) is 18.8 Å². The molecular formula is C17H24FN3O. The average Bonchev–Trinajstić information content (AvgIpc) is 2.47. The van der Waals surface area contributed by atoms with E-state index < -0.39 is 0 Å². The van der Waals surface area contributed by atoms with Crippen LogP contribution in [0.2, 0.25) is 0 Å². The number of rotatable bonds is 2. The summed E-state index contributed by atoms with van der Waals surface area (Å²) in [5.41, 5.74) is 1.04. The van der Waals surface area contributed by atoms with Crippen LogP contribution in [0, 0.1) is 11.2 Å². The van der Waals surface area contributed by atoms with Crippen LogP contribution in [0.25, 0.3) is 0 Å². The van der Waals surface area contributed by atoms with Crippen LogP contribution in [0.5, 0.6) is 0 Å². The zero-order valence-corrected chi connectivity index (χ0v) is 13.5. The molecule has 120 valence electrons. The minimum absolute atomic E-state index is 0.0502. The summed E-state index contributed by atoms with van der Waals surface area (Å²) >= 11 is 0. The first-order chi connectivity index (χ1) is 10.3. The van der Waals surface area contributed by atoms with E-state index in [-0.39, 0.29) is 17.3 Å². The Morgan fingerprint density at radius 3 is 2.27 bits per heavy atom. The highest BCUT2D eigenvalue weighted by atomic mass is 19.1. The highest BCUT2D eigenvalue weighted by Crippen LogP contribution is 2.17. The summed E-state index contributed by atoms with van der Waals surface area (Å²) in [5.74, 6) is -0.229. The average molecular weight is 305 g/mol. The summed E-state index contributed by atoms with van der Waals surface area (Å²) < 4.78 is 12.9. The third-order valence-electron chi connectivity index (χ3n) is 3.55. The molecule has 0 saturated carbocycles. The normalized spacial score (nSPS) is 16.2. The van der Waals surface area contributed by atoms with Gasteiger partial charge in [0.15, 0.2) is 0 Å². The van der Waals surface area contributed by atoms with Gasteiger partial charge in [-0.15, -0.1) is 0 Å². The van der Waals surface area contributed by atoms with E-state index in [4.69, 9.17) is 0 Å². The van der Waals surface area contributed by atoms with Gasteiger partial charge in [-0.3, -0.25) is 0 Å². The zero-order chi connectivity index (χ0) is 16.2. The Morgan fingerprint density at radius 1 is 1.14 bits per heavy atom. The third-order valence-corrected chi connectivity index (χ3v) is 3.55. The molecular weight excluding hydrogens is 281 g/mol. The van der Waals surface area contributed by atoms with E-state index >= 15 is 0 Å². The fourth-order valence-corrected chi connectivity index (χ4v) is 2.27. The summed E-state index contributed by atoms with van der Waals surface area (Å²) in [7, 11) is 0. The second kappa shape index (κ2) is 6.81. The molecule has 0 radical (unpaired) electrons. The van der Waals surface area contributed by atoms with Gasteiger partial charge in [0, 0.05) is 38.1 Å². The molecule has 1 N–H and O–H groups in total. The number of halogens is 1. The summed E-state index contributed by atoms with van der Waals surface area (Å²) in [6.07, 6.45) is 3.69. The molecule has 0 spiro atoms. The first-order valence-corrected chi connectivity index (χ1v) is 7.59. The molecule has 0 aliphatic carbocycles. The first kappa shape index (κ1) is 16.3. The summed E-state index contributed by atoms with van der Waals surface area (Å²) in [6, 6.07) is 6.41. The van der Waals surface area contributed by atoms with Crippen molar-refractivity contribution < 1.29 is 9.18 Å². The van der Waals surface area contributed by atoms with Crippen molar-refractivity contribution in [1.82, 2.24) is 10.2 Å². The topological polar surface area (TPSA) is 35.6 Å². The predicted octanol–water partition coefficient (Wildman–Crippen LogP) is 3.22. The minimum atomic E-state index is -0.229. The van der Waals surface area contributed by atoms with E-state index in [9.17, 15) is 9.18 Å². The van der Waals surface area contributed by atoms with E-state index in [1.807, 2.05) is 6.08 Å². The molecule has 4 nitrogen and oxygen atoms in total. The summed E-state index contributed by atoms with van der Waals surface area (Å²) in [5, 5.41) is 2.81. The Hall–Kier alpha value is -2.04. The number of urea groups is 1. The third kappa shape index (κ3) is 4.76. The maximum Gasteiger partial charge on any atom is 0.321 e. The number of hydrogen-bond acceptors (Lipinski definition) is 2. The van der Waals surface area contributed by atoms with Gasteiger partial charge < -0.3 is 15.1 Å². The smallest absolute Gasteiger partial charge is 0.321 e. The van der Waals surface area contributed by atoms with Crippen LogP contribution >= 0.6 is 0 Å². The standard InChI is InChI=1S/C17H24FN3O/c1-17(2,3)8-9-19-16(22)21-12-10-20(11-13-21)15-6-4-14(18)5-7-15/h4-9H,10-13H2,1-3H3,(H,19,22)/b9-8+. The molecule has 1 aromatic carbocycles. The number of anilines is 1. The van der Waals surface area contributed by atoms with Crippen molar-refractivity contribution in [2.24, 2.45) is 5.41 Å². The Bertz CT molecular complexity index is 526. The SMILES string of the molecule is CC(C)(C)/C=C/NC(=O)N1CCN(c2ccc(F)cc2)CC1. The number of nitrogens with zero attached hydrogens (tertiary/aromatic N) is 2. The number of carbonyl (C=O) groups excluding carboxylic acids is 1. The number of hydrogen-bond donors (Lipinski definition) is 1.